The number of carbonyl (C=O) groups is 2. The van der Waals surface area contributed by atoms with Gasteiger partial charge in [0.2, 0.25) is 5.91 Å². The lowest BCUT2D eigenvalue weighted by Gasteiger charge is -2.25. The summed E-state index contributed by atoms with van der Waals surface area (Å²) < 4.78 is 0. The Morgan fingerprint density at radius 3 is 2.61 bits per heavy atom. The Hall–Kier alpha value is -1.82. The number of amides is 2. The van der Waals surface area contributed by atoms with Crippen LogP contribution in [0.15, 0.2) is 12.3 Å². The molecule has 0 atom stereocenters. The summed E-state index contributed by atoms with van der Waals surface area (Å²) in [5.74, 6) is -0.985. The molecule has 0 saturated heterocycles. The van der Waals surface area contributed by atoms with E-state index in [1.165, 1.54) is 17.2 Å². The number of anilines is 1. The molecule has 4 N–H and O–H groups in total. The first kappa shape index (κ1) is 14.2. The quantitative estimate of drug-likeness (QED) is 0.784. The summed E-state index contributed by atoms with van der Waals surface area (Å²) >= 11 is 5.72. The highest BCUT2D eigenvalue weighted by Crippen LogP contribution is 2.18. The van der Waals surface area contributed by atoms with Crippen molar-refractivity contribution in [2.45, 2.75) is 19.9 Å². The third-order valence-electron chi connectivity index (χ3n) is 2.34. The van der Waals surface area contributed by atoms with Gasteiger partial charge in [-0.15, -0.1) is 0 Å². The summed E-state index contributed by atoms with van der Waals surface area (Å²) in [6.45, 7) is 3.38. The van der Waals surface area contributed by atoms with Crippen molar-refractivity contribution < 1.29 is 9.59 Å². The Bertz CT molecular complexity index is 476. The molecule has 1 aromatic rings. The van der Waals surface area contributed by atoms with E-state index in [1.54, 1.807) is 13.8 Å². The Balaban J connectivity index is 3.09. The van der Waals surface area contributed by atoms with Gasteiger partial charge < -0.3 is 16.4 Å². The highest BCUT2D eigenvalue weighted by molar-refractivity contribution is 6.29. The molecule has 0 bridgehead atoms. The first-order valence-electron chi connectivity index (χ1n) is 5.33. The third kappa shape index (κ3) is 3.33. The number of rotatable bonds is 4. The van der Waals surface area contributed by atoms with Crippen molar-refractivity contribution in [3.8, 4) is 0 Å². The average Bonchev–Trinajstić information content (AvgIpc) is 2.27. The maximum atomic E-state index is 12.2. The second-order valence-corrected chi connectivity index (χ2v) is 4.47. The van der Waals surface area contributed by atoms with E-state index in [2.05, 4.69) is 4.98 Å². The van der Waals surface area contributed by atoms with Crippen LogP contribution in [0.5, 0.6) is 0 Å². The van der Waals surface area contributed by atoms with Crippen LogP contribution in [0.4, 0.5) is 5.69 Å². The van der Waals surface area contributed by atoms with Gasteiger partial charge >= 0.3 is 0 Å². The molecule has 0 saturated carbocycles. The van der Waals surface area contributed by atoms with Gasteiger partial charge in [0.25, 0.3) is 5.91 Å². The van der Waals surface area contributed by atoms with Crippen LogP contribution in [-0.2, 0) is 4.79 Å². The molecule has 0 aliphatic carbocycles. The zero-order valence-corrected chi connectivity index (χ0v) is 10.9. The maximum Gasteiger partial charge on any atom is 0.256 e. The summed E-state index contributed by atoms with van der Waals surface area (Å²) in [4.78, 5) is 28.3. The Morgan fingerprint density at radius 2 is 2.11 bits per heavy atom. The number of nitrogens with zero attached hydrogens (tertiary/aromatic N) is 2. The van der Waals surface area contributed by atoms with Gasteiger partial charge in [0.1, 0.15) is 5.15 Å². The number of carbonyl (C=O) groups excluding carboxylic acids is 2. The largest absolute Gasteiger partial charge is 0.397 e. The van der Waals surface area contributed by atoms with E-state index in [0.717, 1.165) is 0 Å². The maximum absolute atomic E-state index is 12.2. The van der Waals surface area contributed by atoms with Crippen molar-refractivity contribution >= 4 is 29.1 Å². The SMILES string of the molecule is CC(C)N(CC(N)=O)C(=O)c1cc(Cl)ncc1N. The predicted molar refractivity (Wildman–Crippen MR) is 69.0 cm³/mol. The molecule has 1 heterocycles. The van der Waals surface area contributed by atoms with E-state index >= 15 is 0 Å². The van der Waals surface area contributed by atoms with Crippen LogP contribution in [0.2, 0.25) is 5.15 Å². The molecular weight excluding hydrogens is 256 g/mol. The lowest BCUT2D eigenvalue weighted by molar-refractivity contribution is -0.119. The molecule has 0 unspecified atom stereocenters. The van der Waals surface area contributed by atoms with Gasteiger partial charge in [-0.05, 0) is 19.9 Å². The number of pyridine rings is 1. The van der Waals surface area contributed by atoms with Crippen molar-refractivity contribution in [3.63, 3.8) is 0 Å². The minimum atomic E-state index is -0.587. The molecular formula is C11H15ClN4O2. The van der Waals surface area contributed by atoms with Gasteiger partial charge in [-0.2, -0.15) is 0 Å². The molecule has 0 aromatic carbocycles. The highest BCUT2D eigenvalue weighted by atomic mass is 35.5. The Labute approximate surface area is 110 Å². The smallest absolute Gasteiger partial charge is 0.256 e. The standard InChI is InChI=1S/C11H15ClN4O2/c1-6(2)16(5-10(14)17)11(18)7-3-9(12)15-4-8(7)13/h3-4,6H,5,13H2,1-2H3,(H2,14,17). The van der Waals surface area contributed by atoms with E-state index in [-0.39, 0.29) is 29.0 Å². The molecule has 0 radical (unpaired) electrons. The number of hydrogen-bond acceptors (Lipinski definition) is 4. The molecule has 18 heavy (non-hydrogen) atoms. The molecule has 98 valence electrons. The number of aromatic nitrogens is 1. The van der Waals surface area contributed by atoms with E-state index in [4.69, 9.17) is 23.1 Å². The van der Waals surface area contributed by atoms with E-state index < -0.39 is 11.8 Å². The van der Waals surface area contributed by atoms with Crippen LogP contribution in [0.25, 0.3) is 0 Å². The number of primary amides is 1. The van der Waals surface area contributed by atoms with Gasteiger partial charge in [-0.3, -0.25) is 9.59 Å². The van der Waals surface area contributed by atoms with Gasteiger partial charge in [0.15, 0.2) is 0 Å². The molecule has 2 amide bonds. The van der Waals surface area contributed by atoms with Crippen molar-refractivity contribution in [2.24, 2.45) is 5.73 Å². The fourth-order valence-electron chi connectivity index (χ4n) is 1.44. The fourth-order valence-corrected chi connectivity index (χ4v) is 1.60. The zero-order chi connectivity index (χ0) is 13.9. The number of nitrogen functional groups attached to an aromatic ring is 1. The number of hydrogen-bond donors (Lipinski definition) is 2. The third-order valence-corrected chi connectivity index (χ3v) is 2.55. The minimum absolute atomic E-state index is 0.162. The van der Waals surface area contributed by atoms with Crippen LogP contribution >= 0.6 is 11.6 Å². The molecule has 1 rings (SSSR count). The minimum Gasteiger partial charge on any atom is -0.397 e. The summed E-state index contributed by atoms with van der Waals surface area (Å²) in [6.07, 6.45) is 1.30. The normalized spacial score (nSPS) is 10.4. The highest BCUT2D eigenvalue weighted by Gasteiger charge is 2.22. The van der Waals surface area contributed by atoms with Crippen molar-refractivity contribution in [3.05, 3.63) is 23.0 Å². The van der Waals surface area contributed by atoms with Crippen LogP contribution in [-0.4, -0.2) is 34.3 Å². The average molecular weight is 271 g/mol. The van der Waals surface area contributed by atoms with Crippen molar-refractivity contribution in [1.82, 2.24) is 9.88 Å². The summed E-state index contributed by atoms with van der Waals surface area (Å²) in [5, 5.41) is 0.162. The monoisotopic (exact) mass is 270 g/mol. The Morgan fingerprint density at radius 1 is 1.50 bits per heavy atom. The van der Waals surface area contributed by atoms with E-state index in [1.807, 2.05) is 0 Å². The lowest BCUT2D eigenvalue weighted by atomic mass is 10.1. The second-order valence-electron chi connectivity index (χ2n) is 4.09. The summed E-state index contributed by atoms with van der Waals surface area (Å²) in [5.41, 5.74) is 11.2. The first-order chi connectivity index (χ1) is 8.32. The lowest BCUT2D eigenvalue weighted by Crippen LogP contribution is -2.43. The van der Waals surface area contributed by atoms with E-state index in [9.17, 15) is 9.59 Å². The topological polar surface area (TPSA) is 102 Å². The van der Waals surface area contributed by atoms with Crippen molar-refractivity contribution in [1.29, 1.82) is 0 Å². The van der Waals surface area contributed by atoms with Gasteiger partial charge in [0, 0.05) is 6.04 Å². The number of halogens is 1. The zero-order valence-electron chi connectivity index (χ0n) is 10.2. The Kier molecular flexibility index (Phi) is 4.49. The summed E-state index contributed by atoms with van der Waals surface area (Å²) in [6, 6.07) is 1.19. The van der Waals surface area contributed by atoms with Crippen LogP contribution in [0, 0.1) is 0 Å². The number of nitrogens with two attached hydrogens (primary N) is 2. The molecule has 7 heteroatoms. The fraction of sp³-hybridized carbons (Fsp3) is 0.364. The van der Waals surface area contributed by atoms with Crippen LogP contribution in [0.3, 0.4) is 0 Å². The van der Waals surface area contributed by atoms with E-state index in [0.29, 0.717) is 0 Å². The van der Waals surface area contributed by atoms with Gasteiger partial charge in [-0.25, -0.2) is 4.98 Å². The molecule has 0 fully saturated rings. The van der Waals surface area contributed by atoms with Crippen LogP contribution in [0.1, 0.15) is 24.2 Å². The van der Waals surface area contributed by atoms with Gasteiger partial charge in [-0.1, -0.05) is 11.6 Å². The summed E-state index contributed by atoms with van der Waals surface area (Å²) in [7, 11) is 0. The second kappa shape index (κ2) is 5.68. The molecule has 0 aliphatic rings. The molecule has 0 spiro atoms. The predicted octanol–water partition coefficient (Wildman–Crippen LogP) is 0.653. The van der Waals surface area contributed by atoms with Crippen molar-refractivity contribution in [2.75, 3.05) is 12.3 Å². The molecule has 1 aromatic heterocycles. The molecule has 6 nitrogen and oxygen atoms in total. The first-order valence-corrected chi connectivity index (χ1v) is 5.71. The molecule has 0 aliphatic heterocycles. The van der Waals surface area contributed by atoms with Crippen LogP contribution < -0.4 is 11.5 Å². The van der Waals surface area contributed by atoms with Gasteiger partial charge in [0.05, 0.1) is 24.0 Å².